The van der Waals surface area contributed by atoms with Crippen molar-refractivity contribution < 1.29 is 23.9 Å². The van der Waals surface area contributed by atoms with E-state index in [1.165, 1.54) is 12.8 Å². The topological polar surface area (TPSA) is 76.2 Å². The van der Waals surface area contributed by atoms with Crippen molar-refractivity contribution in [3.05, 3.63) is 0 Å². The van der Waals surface area contributed by atoms with E-state index in [2.05, 4.69) is 6.92 Å². The molecule has 7 heteroatoms. The number of amides is 2. The molecule has 0 bridgehead atoms. The van der Waals surface area contributed by atoms with E-state index in [4.69, 9.17) is 9.47 Å². The minimum Gasteiger partial charge on any atom is -0.464 e. The van der Waals surface area contributed by atoms with Gasteiger partial charge in [-0.15, -0.1) is 0 Å². The van der Waals surface area contributed by atoms with Crippen LogP contribution in [0.25, 0.3) is 0 Å². The second kappa shape index (κ2) is 12.7. The van der Waals surface area contributed by atoms with Crippen molar-refractivity contribution in [2.75, 3.05) is 26.3 Å². The predicted octanol–water partition coefficient (Wildman–Crippen LogP) is 3.89. The fourth-order valence-corrected chi connectivity index (χ4v) is 4.22. The van der Waals surface area contributed by atoms with Crippen LogP contribution in [-0.4, -0.2) is 66.2 Å². The summed E-state index contributed by atoms with van der Waals surface area (Å²) in [6.07, 6.45) is 9.84. The quantitative estimate of drug-likeness (QED) is 0.426. The predicted molar refractivity (Wildman–Crippen MR) is 110 cm³/mol. The fraction of sp³-hybridized carbons (Fsp3) is 0.864. The largest absolute Gasteiger partial charge is 0.464 e. The summed E-state index contributed by atoms with van der Waals surface area (Å²) in [6, 6.07) is -1.07. The lowest BCUT2D eigenvalue weighted by Crippen LogP contribution is -2.58. The van der Waals surface area contributed by atoms with E-state index in [-0.39, 0.29) is 18.5 Å². The Morgan fingerprint density at radius 2 is 1.45 bits per heavy atom. The average Bonchev–Trinajstić information content (AvgIpc) is 2.75. The molecule has 0 aromatic carbocycles. The van der Waals surface area contributed by atoms with Gasteiger partial charge in [-0.05, 0) is 51.9 Å². The van der Waals surface area contributed by atoms with Gasteiger partial charge in [-0.1, -0.05) is 32.6 Å². The van der Waals surface area contributed by atoms with Gasteiger partial charge in [-0.3, -0.25) is 9.69 Å². The van der Waals surface area contributed by atoms with Crippen molar-refractivity contribution in [2.24, 2.45) is 0 Å². The molecule has 0 aliphatic carbocycles. The van der Waals surface area contributed by atoms with Crippen LogP contribution < -0.4 is 0 Å². The molecule has 2 rings (SSSR count). The summed E-state index contributed by atoms with van der Waals surface area (Å²) < 4.78 is 10.6. The summed E-state index contributed by atoms with van der Waals surface area (Å²) in [5.41, 5.74) is 0. The summed E-state index contributed by atoms with van der Waals surface area (Å²) >= 11 is 0. The summed E-state index contributed by atoms with van der Waals surface area (Å²) in [5, 5.41) is 0. The maximum atomic E-state index is 13.3. The number of unbranched alkanes of at least 4 members (excludes halogenated alkanes) is 4. The summed E-state index contributed by atoms with van der Waals surface area (Å²) in [7, 11) is 0. The van der Waals surface area contributed by atoms with Crippen LogP contribution >= 0.6 is 0 Å². The van der Waals surface area contributed by atoms with Crippen LogP contribution in [0.3, 0.4) is 0 Å². The maximum Gasteiger partial charge on any atom is 0.410 e. The smallest absolute Gasteiger partial charge is 0.410 e. The Morgan fingerprint density at radius 3 is 2.14 bits per heavy atom. The van der Waals surface area contributed by atoms with Crippen LogP contribution in [0.2, 0.25) is 0 Å². The molecule has 166 valence electrons. The van der Waals surface area contributed by atoms with Crippen molar-refractivity contribution in [1.29, 1.82) is 0 Å². The molecule has 0 N–H and O–H groups in total. The van der Waals surface area contributed by atoms with Crippen molar-refractivity contribution >= 4 is 18.0 Å². The van der Waals surface area contributed by atoms with Gasteiger partial charge in [0.05, 0.1) is 13.2 Å². The third-order valence-corrected chi connectivity index (χ3v) is 5.84. The van der Waals surface area contributed by atoms with Crippen molar-refractivity contribution in [3.8, 4) is 0 Å². The van der Waals surface area contributed by atoms with Gasteiger partial charge in [-0.25, -0.2) is 9.59 Å². The standard InChI is InChI=1S/C22H38N2O5/c1-3-5-6-7-12-17-29-21(26)19-14-9-10-15-23(19)20(25)18-13-8-11-16-24(18)22(27)28-4-2/h18-19H,3-17H2,1-2H3. The van der Waals surface area contributed by atoms with Gasteiger partial charge in [0.15, 0.2) is 0 Å². The molecule has 0 aromatic heterocycles. The monoisotopic (exact) mass is 410 g/mol. The molecule has 2 aliphatic heterocycles. The molecule has 0 spiro atoms. The minimum absolute atomic E-state index is 0.137. The summed E-state index contributed by atoms with van der Waals surface area (Å²) in [6.45, 7) is 5.70. The molecule has 0 saturated carbocycles. The molecule has 2 unspecified atom stereocenters. The Labute approximate surface area is 175 Å². The van der Waals surface area contributed by atoms with Gasteiger partial charge in [-0.2, -0.15) is 0 Å². The first kappa shape index (κ1) is 23.5. The highest BCUT2D eigenvalue weighted by atomic mass is 16.6. The fourth-order valence-electron chi connectivity index (χ4n) is 4.22. The van der Waals surface area contributed by atoms with Gasteiger partial charge in [0.25, 0.3) is 0 Å². The maximum absolute atomic E-state index is 13.3. The highest BCUT2D eigenvalue weighted by Crippen LogP contribution is 2.25. The van der Waals surface area contributed by atoms with E-state index in [1.54, 1.807) is 16.7 Å². The van der Waals surface area contributed by atoms with Crippen LogP contribution in [0.1, 0.15) is 84.5 Å². The normalized spacial score (nSPS) is 22.3. The van der Waals surface area contributed by atoms with E-state index in [0.29, 0.717) is 32.5 Å². The van der Waals surface area contributed by atoms with Gasteiger partial charge >= 0.3 is 12.1 Å². The Balaban J connectivity index is 1.95. The molecule has 7 nitrogen and oxygen atoms in total. The number of ether oxygens (including phenoxy) is 2. The van der Waals surface area contributed by atoms with E-state index in [1.807, 2.05) is 0 Å². The lowest BCUT2D eigenvalue weighted by molar-refractivity contribution is -0.159. The van der Waals surface area contributed by atoms with E-state index >= 15 is 0 Å². The Morgan fingerprint density at radius 1 is 0.793 bits per heavy atom. The SMILES string of the molecule is CCCCCCCOC(=O)C1CCCCN1C(=O)C1CCCCN1C(=O)OCC. The highest BCUT2D eigenvalue weighted by Gasteiger charge is 2.40. The third-order valence-electron chi connectivity index (χ3n) is 5.84. The van der Waals surface area contributed by atoms with Gasteiger partial charge < -0.3 is 14.4 Å². The summed E-state index contributed by atoms with van der Waals surface area (Å²) in [5.74, 6) is -0.436. The van der Waals surface area contributed by atoms with E-state index in [9.17, 15) is 14.4 Å². The molecule has 2 atom stereocenters. The van der Waals surface area contributed by atoms with Crippen molar-refractivity contribution in [2.45, 2.75) is 96.6 Å². The Bertz CT molecular complexity index is 539. The molecule has 0 aromatic rings. The number of carbonyl (C=O) groups is 3. The van der Waals surface area contributed by atoms with Crippen LogP contribution in [-0.2, 0) is 19.1 Å². The number of piperidine rings is 2. The summed E-state index contributed by atoms with van der Waals surface area (Å²) in [4.78, 5) is 41.5. The Kier molecular flexibility index (Phi) is 10.3. The number of likely N-dealkylation sites (tertiary alicyclic amines) is 2. The van der Waals surface area contributed by atoms with E-state index in [0.717, 1.165) is 44.9 Å². The van der Waals surface area contributed by atoms with E-state index < -0.39 is 18.2 Å². The molecule has 29 heavy (non-hydrogen) atoms. The first-order valence-electron chi connectivity index (χ1n) is 11.5. The first-order chi connectivity index (χ1) is 14.1. The van der Waals surface area contributed by atoms with Crippen LogP contribution in [0.15, 0.2) is 0 Å². The zero-order valence-corrected chi connectivity index (χ0v) is 18.2. The molecule has 2 aliphatic rings. The molecule has 2 amide bonds. The van der Waals surface area contributed by atoms with Gasteiger partial charge in [0.2, 0.25) is 5.91 Å². The lowest BCUT2D eigenvalue weighted by atomic mass is 9.97. The second-order valence-corrected chi connectivity index (χ2v) is 8.03. The molecule has 2 fully saturated rings. The molecule has 0 radical (unpaired) electrons. The second-order valence-electron chi connectivity index (χ2n) is 8.03. The third kappa shape index (κ3) is 6.89. The van der Waals surface area contributed by atoms with Crippen LogP contribution in [0.5, 0.6) is 0 Å². The highest BCUT2D eigenvalue weighted by molar-refractivity contribution is 5.90. The van der Waals surface area contributed by atoms with Gasteiger partial charge in [0.1, 0.15) is 12.1 Å². The first-order valence-corrected chi connectivity index (χ1v) is 11.5. The van der Waals surface area contributed by atoms with Crippen molar-refractivity contribution in [1.82, 2.24) is 9.80 Å². The van der Waals surface area contributed by atoms with Crippen LogP contribution in [0.4, 0.5) is 4.79 Å². The number of rotatable bonds is 9. The molecular formula is C22H38N2O5. The van der Waals surface area contributed by atoms with Gasteiger partial charge in [0, 0.05) is 13.1 Å². The number of hydrogen-bond donors (Lipinski definition) is 0. The zero-order chi connectivity index (χ0) is 21.1. The number of carbonyl (C=O) groups excluding carboxylic acids is 3. The number of nitrogens with zero attached hydrogens (tertiary/aromatic N) is 2. The van der Waals surface area contributed by atoms with Crippen LogP contribution in [0, 0.1) is 0 Å². The zero-order valence-electron chi connectivity index (χ0n) is 18.2. The van der Waals surface area contributed by atoms with Crippen molar-refractivity contribution in [3.63, 3.8) is 0 Å². The molecule has 2 saturated heterocycles. The number of esters is 1. The average molecular weight is 411 g/mol. The minimum atomic E-state index is -0.537. The Hall–Kier alpha value is -1.79. The molecular weight excluding hydrogens is 372 g/mol. The molecule has 2 heterocycles. The number of hydrogen-bond acceptors (Lipinski definition) is 5. The lowest BCUT2D eigenvalue weighted by Gasteiger charge is -2.40.